The van der Waals surface area contributed by atoms with Crippen LogP contribution in [0.2, 0.25) is 0 Å². The highest BCUT2D eigenvalue weighted by Crippen LogP contribution is 2.30. The monoisotopic (exact) mass is 300 g/mol. The first-order chi connectivity index (χ1) is 9.64. The maximum absolute atomic E-state index is 13.7. The van der Waals surface area contributed by atoms with Crippen molar-refractivity contribution in [1.29, 1.82) is 0 Å². The van der Waals surface area contributed by atoms with E-state index in [9.17, 15) is 22.0 Å². The van der Waals surface area contributed by atoms with Crippen molar-refractivity contribution in [3.63, 3.8) is 0 Å². The van der Waals surface area contributed by atoms with E-state index >= 15 is 0 Å². The fourth-order valence-corrected chi connectivity index (χ4v) is 2.29. The molecule has 1 aromatic carbocycles. The zero-order valence-corrected chi connectivity index (χ0v) is 11.9. The van der Waals surface area contributed by atoms with Gasteiger partial charge in [-0.05, 0) is 11.3 Å². The Hall–Kier alpha value is -1.59. The largest absolute Gasteiger partial charge is 0.233 e. The van der Waals surface area contributed by atoms with Gasteiger partial charge in [0, 0.05) is 5.46 Å². The van der Waals surface area contributed by atoms with Gasteiger partial charge in [0.05, 0.1) is 0 Å². The Kier molecular flexibility index (Phi) is 4.00. The van der Waals surface area contributed by atoms with E-state index < -0.39 is 41.3 Å². The van der Waals surface area contributed by atoms with E-state index in [0.717, 1.165) is 0 Å². The van der Waals surface area contributed by atoms with Gasteiger partial charge in [0.15, 0.2) is 29.1 Å². The topological polar surface area (TPSA) is 0 Å². The molecule has 1 aliphatic heterocycles. The first kappa shape index (κ1) is 15.8. The van der Waals surface area contributed by atoms with Crippen molar-refractivity contribution in [2.75, 3.05) is 0 Å². The summed E-state index contributed by atoms with van der Waals surface area (Å²) in [6, 6.07) is 0. The molecular weight excluding hydrogens is 286 g/mol. The smallest absolute Gasteiger partial charge is 0.204 e. The lowest BCUT2D eigenvalue weighted by Crippen LogP contribution is -2.37. The lowest BCUT2D eigenvalue weighted by Gasteiger charge is -2.28. The molecule has 1 aliphatic rings. The molecule has 0 spiro atoms. The van der Waals surface area contributed by atoms with Gasteiger partial charge in [0.2, 0.25) is 6.71 Å². The molecule has 1 heterocycles. The van der Waals surface area contributed by atoms with Crippen LogP contribution < -0.4 is 5.46 Å². The highest BCUT2D eigenvalue weighted by molar-refractivity contribution is 6.82. The molecule has 0 amide bonds. The van der Waals surface area contributed by atoms with Crippen molar-refractivity contribution in [2.45, 2.75) is 20.8 Å². The summed E-state index contributed by atoms with van der Waals surface area (Å²) < 4.78 is 66.9. The lowest BCUT2D eigenvalue weighted by atomic mass is 9.42. The van der Waals surface area contributed by atoms with Crippen LogP contribution in [0.15, 0.2) is 24.1 Å². The molecule has 0 N–H and O–H groups in total. The van der Waals surface area contributed by atoms with Crippen LogP contribution in [0.4, 0.5) is 22.0 Å². The minimum absolute atomic E-state index is 0.0371. The molecular formula is C15H14BF5. The summed E-state index contributed by atoms with van der Waals surface area (Å²) in [7, 11) is 0. The molecule has 112 valence electrons. The molecule has 0 saturated carbocycles. The van der Waals surface area contributed by atoms with Gasteiger partial charge in [-0.25, -0.2) is 22.0 Å². The number of halogens is 5. The van der Waals surface area contributed by atoms with E-state index in [2.05, 4.69) is 0 Å². The molecule has 0 nitrogen and oxygen atoms in total. The van der Waals surface area contributed by atoms with E-state index in [4.69, 9.17) is 0 Å². The van der Waals surface area contributed by atoms with E-state index in [0.29, 0.717) is 0 Å². The average Bonchev–Trinajstić information content (AvgIpc) is 2.43. The van der Waals surface area contributed by atoms with Crippen LogP contribution >= 0.6 is 0 Å². The number of allylic oxidation sites excluding steroid dienone is 2. The minimum Gasteiger partial charge on any atom is -0.204 e. The summed E-state index contributed by atoms with van der Waals surface area (Å²) in [5, 5.41) is 0. The molecule has 2 rings (SSSR count). The van der Waals surface area contributed by atoms with Crippen LogP contribution in [0, 0.1) is 40.4 Å². The van der Waals surface area contributed by atoms with Gasteiger partial charge >= 0.3 is 0 Å². The van der Waals surface area contributed by atoms with Crippen molar-refractivity contribution >= 4 is 12.2 Å². The summed E-state index contributed by atoms with van der Waals surface area (Å²) in [5.74, 6) is -6.55. The van der Waals surface area contributed by atoms with Crippen LogP contribution in [0.25, 0.3) is 0 Å². The second-order valence-corrected chi connectivity index (χ2v) is 6.17. The minimum atomic E-state index is -2.13. The summed E-state index contributed by atoms with van der Waals surface area (Å²) in [6.07, 6.45) is 3.45. The van der Waals surface area contributed by atoms with Gasteiger partial charge in [0.1, 0.15) is 0 Å². The molecule has 21 heavy (non-hydrogen) atoms. The van der Waals surface area contributed by atoms with Crippen LogP contribution in [0.3, 0.4) is 0 Å². The highest BCUT2D eigenvalue weighted by Gasteiger charge is 2.32. The number of rotatable bonds is 1. The average molecular weight is 300 g/mol. The zero-order chi connectivity index (χ0) is 15.9. The normalized spacial score (nSPS) is 15.9. The molecule has 0 unspecified atom stereocenters. The predicted octanol–water partition coefficient (Wildman–Crippen LogP) is 3.95. The van der Waals surface area contributed by atoms with E-state index in [1.807, 2.05) is 20.8 Å². The molecule has 0 saturated heterocycles. The third-order valence-corrected chi connectivity index (χ3v) is 3.63. The SMILES string of the molecule is CC(C)(C)C1C=CB(c2c(F)c(F)c(F)c(F)c2F)C=C1. The molecule has 6 heteroatoms. The van der Waals surface area contributed by atoms with Crippen molar-refractivity contribution in [1.82, 2.24) is 0 Å². The fourth-order valence-electron chi connectivity index (χ4n) is 2.29. The van der Waals surface area contributed by atoms with Gasteiger partial charge in [-0.1, -0.05) is 32.9 Å². The Bertz CT molecular complexity index is 585. The van der Waals surface area contributed by atoms with Gasteiger partial charge in [0.25, 0.3) is 0 Å². The van der Waals surface area contributed by atoms with Crippen molar-refractivity contribution < 1.29 is 22.0 Å². The number of hydrogen-bond acceptors (Lipinski definition) is 0. The van der Waals surface area contributed by atoms with Crippen LogP contribution in [-0.4, -0.2) is 6.71 Å². The standard InChI is InChI=1S/C15H14BF5/c1-15(2,3)8-4-6-16(7-5-8)9-10(17)12(19)14(21)13(20)11(9)18/h4-8H,1-3H3. The first-order valence-corrected chi connectivity index (χ1v) is 6.52. The Morgan fingerprint density at radius 3 is 1.52 bits per heavy atom. The maximum atomic E-state index is 13.7. The molecule has 0 fully saturated rings. The predicted molar refractivity (Wildman–Crippen MR) is 72.8 cm³/mol. The second kappa shape index (κ2) is 5.32. The Balaban J connectivity index is 2.45. The summed E-state index contributed by atoms with van der Waals surface area (Å²) in [6.45, 7) is 5.01. The zero-order valence-electron chi connectivity index (χ0n) is 11.9. The third kappa shape index (κ3) is 2.76. The van der Waals surface area contributed by atoms with Crippen LogP contribution in [0.1, 0.15) is 20.8 Å². The van der Waals surface area contributed by atoms with Gasteiger partial charge in [-0.15, -0.1) is 12.0 Å². The second-order valence-electron chi connectivity index (χ2n) is 6.17. The van der Waals surface area contributed by atoms with Crippen molar-refractivity contribution in [3.8, 4) is 0 Å². The number of benzene rings is 1. The van der Waals surface area contributed by atoms with E-state index in [-0.39, 0.29) is 11.3 Å². The third-order valence-electron chi connectivity index (χ3n) is 3.63. The quantitative estimate of drug-likeness (QED) is 0.319. The van der Waals surface area contributed by atoms with Crippen molar-refractivity contribution in [3.05, 3.63) is 53.2 Å². The number of hydrogen-bond donors (Lipinski definition) is 0. The van der Waals surface area contributed by atoms with Crippen molar-refractivity contribution in [2.24, 2.45) is 11.3 Å². The van der Waals surface area contributed by atoms with Crippen LogP contribution in [-0.2, 0) is 0 Å². The van der Waals surface area contributed by atoms with Crippen LogP contribution in [0.5, 0.6) is 0 Å². The molecule has 0 aromatic heterocycles. The summed E-state index contributed by atoms with van der Waals surface area (Å²) >= 11 is 0. The molecule has 0 aliphatic carbocycles. The van der Waals surface area contributed by atoms with E-state index in [1.54, 1.807) is 12.2 Å². The Morgan fingerprint density at radius 1 is 0.762 bits per heavy atom. The maximum Gasteiger partial charge on any atom is 0.233 e. The fraction of sp³-hybridized carbons (Fsp3) is 0.333. The molecule has 0 bridgehead atoms. The molecule has 1 aromatic rings. The van der Waals surface area contributed by atoms with Gasteiger partial charge < -0.3 is 0 Å². The first-order valence-electron chi connectivity index (χ1n) is 6.52. The Morgan fingerprint density at radius 2 is 1.14 bits per heavy atom. The lowest BCUT2D eigenvalue weighted by molar-refractivity contribution is 0.343. The molecule has 0 atom stereocenters. The van der Waals surface area contributed by atoms with E-state index in [1.165, 1.54) is 12.0 Å². The van der Waals surface area contributed by atoms with Gasteiger partial charge in [-0.2, -0.15) is 0 Å². The summed E-state index contributed by atoms with van der Waals surface area (Å²) in [5.41, 5.74) is -0.903. The molecule has 0 radical (unpaired) electrons. The Labute approximate surface area is 120 Å². The highest BCUT2D eigenvalue weighted by atomic mass is 19.2. The van der Waals surface area contributed by atoms with Gasteiger partial charge in [-0.3, -0.25) is 0 Å². The summed E-state index contributed by atoms with van der Waals surface area (Å²) in [4.78, 5) is 0.